The smallest absolute Gasteiger partial charge is 0.157 e. The van der Waals surface area contributed by atoms with E-state index in [4.69, 9.17) is 9.84 Å². The maximum Gasteiger partial charge on any atom is 0.157 e. The monoisotopic (exact) mass is 269 g/mol. The predicted octanol–water partition coefficient (Wildman–Crippen LogP) is -0.793. The molecular weight excluding hydrogens is 250 g/mol. The zero-order valence-corrected chi connectivity index (χ0v) is 10.6. The van der Waals surface area contributed by atoms with Crippen LogP contribution in [0.5, 0.6) is 0 Å². The van der Waals surface area contributed by atoms with Gasteiger partial charge in [0.05, 0.1) is 6.61 Å². The molecule has 6 heteroatoms. The summed E-state index contributed by atoms with van der Waals surface area (Å²) in [5.41, 5.74) is 1.81. The molecule has 0 saturated carbocycles. The van der Waals surface area contributed by atoms with Gasteiger partial charge in [-0.15, -0.1) is 0 Å². The Morgan fingerprint density at radius 2 is 1.68 bits per heavy atom. The number of nitrogens with one attached hydrogen (secondary N) is 1. The van der Waals surface area contributed by atoms with E-state index in [2.05, 4.69) is 5.32 Å². The molecule has 0 unspecified atom stereocenters. The van der Waals surface area contributed by atoms with Crippen LogP contribution < -0.4 is 5.32 Å². The van der Waals surface area contributed by atoms with Gasteiger partial charge in [0.25, 0.3) is 0 Å². The molecule has 0 bridgehead atoms. The second-order valence-corrected chi connectivity index (χ2v) is 4.76. The van der Waals surface area contributed by atoms with E-state index in [1.54, 1.807) is 0 Å². The minimum absolute atomic E-state index is 0.434. The number of hydrogen-bond acceptors (Lipinski definition) is 6. The third-order valence-corrected chi connectivity index (χ3v) is 3.25. The van der Waals surface area contributed by atoms with Crippen molar-refractivity contribution in [1.29, 1.82) is 0 Å². The summed E-state index contributed by atoms with van der Waals surface area (Å²) >= 11 is 0. The van der Waals surface area contributed by atoms with E-state index in [0.29, 0.717) is 0 Å². The number of rotatable bonds is 3. The maximum atomic E-state index is 9.86. The van der Waals surface area contributed by atoms with E-state index in [1.165, 1.54) is 0 Å². The van der Waals surface area contributed by atoms with Gasteiger partial charge in [-0.3, -0.25) is 0 Å². The molecule has 5 atom stereocenters. The summed E-state index contributed by atoms with van der Waals surface area (Å²) in [4.78, 5) is 0. The number of aliphatic hydroxyl groups is 4. The quantitative estimate of drug-likeness (QED) is 0.493. The SMILES string of the molecule is Cc1ccc(N[C@H]2O[C@H](CO)[C@@H](O)[C@@H](O)[C@@H]2O)cc1. The summed E-state index contributed by atoms with van der Waals surface area (Å²) < 4.78 is 5.34. The molecule has 1 saturated heterocycles. The lowest BCUT2D eigenvalue weighted by Crippen LogP contribution is -2.60. The minimum atomic E-state index is -1.37. The molecule has 1 heterocycles. The molecule has 1 aliphatic heterocycles. The van der Waals surface area contributed by atoms with Crippen molar-refractivity contribution in [2.75, 3.05) is 11.9 Å². The van der Waals surface area contributed by atoms with Crippen LogP contribution in [0.25, 0.3) is 0 Å². The van der Waals surface area contributed by atoms with Crippen molar-refractivity contribution in [3.8, 4) is 0 Å². The Hall–Kier alpha value is -1.18. The van der Waals surface area contributed by atoms with Gasteiger partial charge in [-0.2, -0.15) is 0 Å². The first-order valence-electron chi connectivity index (χ1n) is 6.16. The molecule has 1 aromatic carbocycles. The van der Waals surface area contributed by atoms with Crippen molar-refractivity contribution in [2.45, 2.75) is 37.6 Å². The van der Waals surface area contributed by atoms with Crippen LogP contribution in [0, 0.1) is 6.92 Å². The molecule has 19 heavy (non-hydrogen) atoms. The van der Waals surface area contributed by atoms with Crippen molar-refractivity contribution in [2.24, 2.45) is 0 Å². The highest BCUT2D eigenvalue weighted by molar-refractivity contribution is 5.45. The van der Waals surface area contributed by atoms with E-state index < -0.39 is 37.3 Å². The van der Waals surface area contributed by atoms with E-state index in [9.17, 15) is 15.3 Å². The van der Waals surface area contributed by atoms with Crippen molar-refractivity contribution in [3.05, 3.63) is 29.8 Å². The van der Waals surface area contributed by atoms with Gasteiger partial charge in [-0.05, 0) is 19.1 Å². The number of anilines is 1. The summed E-state index contributed by atoms with van der Waals surface area (Å²) in [5, 5.41) is 41.2. The van der Waals surface area contributed by atoms with Crippen molar-refractivity contribution < 1.29 is 25.2 Å². The van der Waals surface area contributed by atoms with Crippen molar-refractivity contribution in [3.63, 3.8) is 0 Å². The van der Waals surface area contributed by atoms with Gasteiger partial charge in [-0.1, -0.05) is 17.7 Å². The second kappa shape index (κ2) is 5.85. The Morgan fingerprint density at radius 3 is 2.26 bits per heavy atom. The summed E-state index contributed by atoms with van der Waals surface area (Å²) in [5.74, 6) is 0. The Kier molecular flexibility index (Phi) is 4.38. The first-order valence-corrected chi connectivity index (χ1v) is 6.16. The normalized spacial score (nSPS) is 35.1. The second-order valence-electron chi connectivity index (χ2n) is 4.76. The molecule has 1 fully saturated rings. The zero-order valence-electron chi connectivity index (χ0n) is 10.6. The van der Waals surface area contributed by atoms with Crippen LogP contribution in [0.2, 0.25) is 0 Å². The lowest BCUT2D eigenvalue weighted by Gasteiger charge is -2.40. The van der Waals surface area contributed by atoms with Gasteiger partial charge < -0.3 is 30.5 Å². The lowest BCUT2D eigenvalue weighted by molar-refractivity contribution is -0.221. The van der Waals surface area contributed by atoms with Crippen molar-refractivity contribution >= 4 is 5.69 Å². The Balaban J connectivity index is 2.08. The molecule has 6 nitrogen and oxygen atoms in total. The molecule has 0 radical (unpaired) electrons. The number of benzene rings is 1. The highest BCUT2D eigenvalue weighted by atomic mass is 16.6. The molecular formula is C13H19NO5. The van der Waals surface area contributed by atoms with Crippen LogP contribution >= 0.6 is 0 Å². The summed E-state index contributed by atoms with van der Waals surface area (Å²) in [6.45, 7) is 1.52. The summed E-state index contributed by atoms with van der Waals surface area (Å²) in [6, 6.07) is 7.42. The fourth-order valence-corrected chi connectivity index (χ4v) is 2.03. The van der Waals surface area contributed by atoms with Gasteiger partial charge in [0.2, 0.25) is 0 Å². The lowest BCUT2D eigenvalue weighted by atomic mass is 9.98. The molecule has 1 aromatic rings. The van der Waals surface area contributed by atoms with Gasteiger partial charge in [0.15, 0.2) is 6.23 Å². The molecule has 0 spiro atoms. The first kappa shape index (κ1) is 14.2. The standard InChI is InChI=1S/C13H19NO5/c1-7-2-4-8(5-3-7)14-13-12(18)11(17)10(16)9(6-15)19-13/h2-5,9-18H,6H2,1H3/t9-,10-,11-,12+,13+/m1/s1. The van der Waals surface area contributed by atoms with Crippen LogP contribution in [-0.2, 0) is 4.74 Å². The van der Waals surface area contributed by atoms with E-state index in [-0.39, 0.29) is 0 Å². The van der Waals surface area contributed by atoms with Crippen LogP contribution in [-0.4, -0.2) is 57.7 Å². The first-order chi connectivity index (χ1) is 9.02. The maximum absolute atomic E-state index is 9.86. The number of ether oxygens (including phenoxy) is 1. The Labute approximate surface area is 111 Å². The molecule has 0 aliphatic carbocycles. The van der Waals surface area contributed by atoms with E-state index in [1.807, 2.05) is 31.2 Å². The van der Waals surface area contributed by atoms with Crippen LogP contribution in [0.1, 0.15) is 5.56 Å². The van der Waals surface area contributed by atoms with Crippen LogP contribution in [0.4, 0.5) is 5.69 Å². The largest absolute Gasteiger partial charge is 0.394 e. The highest BCUT2D eigenvalue weighted by Crippen LogP contribution is 2.22. The predicted molar refractivity (Wildman–Crippen MR) is 68.6 cm³/mol. The van der Waals surface area contributed by atoms with Crippen LogP contribution in [0.15, 0.2) is 24.3 Å². The fraction of sp³-hybridized carbons (Fsp3) is 0.538. The van der Waals surface area contributed by atoms with Gasteiger partial charge in [0.1, 0.15) is 24.4 Å². The number of aryl methyl sites for hydroxylation is 1. The molecule has 106 valence electrons. The van der Waals surface area contributed by atoms with Gasteiger partial charge in [0, 0.05) is 5.69 Å². The van der Waals surface area contributed by atoms with E-state index in [0.717, 1.165) is 11.3 Å². The molecule has 0 aromatic heterocycles. The van der Waals surface area contributed by atoms with E-state index >= 15 is 0 Å². The highest BCUT2D eigenvalue weighted by Gasteiger charge is 2.43. The molecule has 2 rings (SSSR count). The molecule has 0 amide bonds. The minimum Gasteiger partial charge on any atom is -0.394 e. The van der Waals surface area contributed by atoms with Crippen molar-refractivity contribution in [1.82, 2.24) is 0 Å². The summed E-state index contributed by atoms with van der Waals surface area (Å²) in [6.07, 6.45) is -5.77. The van der Waals surface area contributed by atoms with Crippen LogP contribution in [0.3, 0.4) is 0 Å². The number of aliphatic hydroxyl groups excluding tert-OH is 4. The average Bonchev–Trinajstić information content (AvgIpc) is 2.42. The number of hydrogen-bond donors (Lipinski definition) is 5. The topological polar surface area (TPSA) is 102 Å². The fourth-order valence-electron chi connectivity index (χ4n) is 2.03. The molecule has 1 aliphatic rings. The van der Waals surface area contributed by atoms with Gasteiger partial charge >= 0.3 is 0 Å². The Morgan fingerprint density at radius 1 is 1.05 bits per heavy atom. The zero-order chi connectivity index (χ0) is 14.0. The average molecular weight is 269 g/mol. The third-order valence-electron chi connectivity index (χ3n) is 3.25. The Bertz CT molecular complexity index is 408. The molecule has 5 N–H and O–H groups in total. The summed E-state index contributed by atoms with van der Waals surface area (Å²) in [7, 11) is 0. The third kappa shape index (κ3) is 3.05. The van der Waals surface area contributed by atoms with Gasteiger partial charge in [-0.25, -0.2) is 0 Å².